The summed E-state index contributed by atoms with van der Waals surface area (Å²) in [4.78, 5) is 4.93. The van der Waals surface area contributed by atoms with Gasteiger partial charge in [0.2, 0.25) is 0 Å². The van der Waals surface area contributed by atoms with Crippen LogP contribution in [0.5, 0.6) is 11.5 Å². The molecule has 4 aromatic carbocycles. The number of rotatable bonds is 8. The van der Waals surface area contributed by atoms with Crippen LogP contribution in [0.25, 0.3) is 22.2 Å². The number of hydrogen-bond acceptors (Lipinski definition) is 3. The van der Waals surface area contributed by atoms with E-state index in [4.69, 9.17) is 14.5 Å². The Morgan fingerprint density at radius 3 is 2.12 bits per heavy atom. The molecule has 0 atom stereocenters. The van der Waals surface area contributed by atoms with Crippen molar-refractivity contribution in [2.75, 3.05) is 13.7 Å². The van der Waals surface area contributed by atoms with Crippen LogP contribution in [0.3, 0.4) is 0 Å². The number of ether oxygens (including phenoxy) is 2. The summed E-state index contributed by atoms with van der Waals surface area (Å²) in [5, 5.41) is 0. The third kappa shape index (κ3) is 4.75. The van der Waals surface area contributed by atoms with Gasteiger partial charge in [-0.1, -0.05) is 66.7 Å². The number of hydrogen-bond donors (Lipinski definition) is 0. The Hall–Kier alpha value is -4.05. The molecular weight excluding hydrogens is 408 g/mol. The molecule has 5 rings (SSSR count). The summed E-state index contributed by atoms with van der Waals surface area (Å²) < 4.78 is 13.5. The highest BCUT2D eigenvalue weighted by Crippen LogP contribution is 2.23. The van der Waals surface area contributed by atoms with Gasteiger partial charge in [-0.15, -0.1) is 0 Å². The number of para-hydroxylation sites is 2. The SMILES string of the molecule is COc1ccc(OCCn2c(Cc3ccc(-c4ccccc4)cc3)nc3ccccc32)cc1. The molecule has 0 spiro atoms. The van der Waals surface area contributed by atoms with Crippen molar-refractivity contribution in [3.8, 4) is 22.6 Å². The molecule has 33 heavy (non-hydrogen) atoms. The summed E-state index contributed by atoms with van der Waals surface area (Å²) in [6, 6.07) is 35.2. The van der Waals surface area contributed by atoms with Crippen LogP contribution in [-0.2, 0) is 13.0 Å². The van der Waals surface area contributed by atoms with Gasteiger partial charge in [0, 0.05) is 6.42 Å². The molecule has 0 N–H and O–H groups in total. The van der Waals surface area contributed by atoms with Crippen LogP contribution in [0.4, 0.5) is 0 Å². The maximum atomic E-state index is 5.99. The lowest BCUT2D eigenvalue weighted by molar-refractivity contribution is 0.298. The zero-order valence-electron chi connectivity index (χ0n) is 18.6. The van der Waals surface area contributed by atoms with Gasteiger partial charge in [0.05, 0.1) is 24.7 Å². The first-order chi connectivity index (χ1) is 16.3. The summed E-state index contributed by atoms with van der Waals surface area (Å²) >= 11 is 0. The Morgan fingerprint density at radius 1 is 0.697 bits per heavy atom. The fraction of sp³-hybridized carbons (Fsp3) is 0.138. The van der Waals surface area contributed by atoms with E-state index in [-0.39, 0.29) is 0 Å². The van der Waals surface area contributed by atoms with Crippen molar-refractivity contribution >= 4 is 11.0 Å². The maximum Gasteiger partial charge on any atom is 0.119 e. The second kappa shape index (κ2) is 9.61. The third-order valence-electron chi connectivity index (χ3n) is 5.80. The highest BCUT2D eigenvalue weighted by Gasteiger charge is 2.11. The van der Waals surface area contributed by atoms with Crippen molar-refractivity contribution in [3.63, 3.8) is 0 Å². The Balaban J connectivity index is 1.34. The van der Waals surface area contributed by atoms with Crippen molar-refractivity contribution in [1.29, 1.82) is 0 Å². The molecule has 0 aliphatic heterocycles. The fourth-order valence-corrected chi connectivity index (χ4v) is 4.06. The van der Waals surface area contributed by atoms with E-state index < -0.39 is 0 Å². The van der Waals surface area contributed by atoms with Gasteiger partial charge in [-0.2, -0.15) is 0 Å². The van der Waals surface area contributed by atoms with Crippen molar-refractivity contribution in [1.82, 2.24) is 9.55 Å². The van der Waals surface area contributed by atoms with Gasteiger partial charge in [-0.05, 0) is 53.1 Å². The number of fused-ring (bicyclic) bond motifs is 1. The minimum Gasteiger partial charge on any atom is -0.497 e. The van der Waals surface area contributed by atoms with E-state index in [1.165, 1.54) is 16.7 Å². The van der Waals surface area contributed by atoms with Crippen LogP contribution in [0.2, 0.25) is 0 Å². The zero-order valence-corrected chi connectivity index (χ0v) is 18.6. The molecule has 1 heterocycles. The maximum absolute atomic E-state index is 5.99. The van der Waals surface area contributed by atoms with E-state index in [1.54, 1.807) is 7.11 Å². The molecule has 0 saturated carbocycles. The van der Waals surface area contributed by atoms with Gasteiger partial charge in [0.25, 0.3) is 0 Å². The summed E-state index contributed by atoms with van der Waals surface area (Å²) in [7, 11) is 1.66. The molecule has 0 bridgehead atoms. The predicted octanol–water partition coefficient (Wildman–Crippen LogP) is 6.38. The highest BCUT2D eigenvalue weighted by molar-refractivity contribution is 5.76. The molecule has 1 aromatic heterocycles. The molecule has 0 unspecified atom stereocenters. The number of imidazole rings is 1. The molecule has 164 valence electrons. The first kappa shape index (κ1) is 20.8. The van der Waals surface area contributed by atoms with E-state index >= 15 is 0 Å². The van der Waals surface area contributed by atoms with E-state index in [2.05, 4.69) is 71.3 Å². The van der Waals surface area contributed by atoms with Crippen LogP contribution in [0.1, 0.15) is 11.4 Å². The summed E-state index contributed by atoms with van der Waals surface area (Å²) in [5.41, 5.74) is 5.83. The Kier molecular flexibility index (Phi) is 6.07. The monoisotopic (exact) mass is 434 g/mol. The Bertz CT molecular complexity index is 1320. The molecule has 0 saturated heterocycles. The summed E-state index contributed by atoms with van der Waals surface area (Å²) in [6.07, 6.45) is 0.770. The van der Waals surface area contributed by atoms with E-state index in [1.807, 2.05) is 36.4 Å². The molecule has 5 aromatic rings. The molecule has 4 nitrogen and oxygen atoms in total. The fourth-order valence-electron chi connectivity index (χ4n) is 4.06. The zero-order chi connectivity index (χ0) is 22.5. The lowest BCUT2D eigenvalue weighted by Gasteiger charge is -2.12. The second-order valence-electron chi connectivity index (χ2n) is 7.93. The average Bonchev–Trinajstić information content (AvgIpc) is 3.22. The van der Waals surface area contributed by atoms with E-state index in [9.17, 15) is 0 Å². The lowest BCUT2D eigenvalue weighted by atomic mass is 10.0. The van der Waals surface area contributed by atoms with E-state index in [0.29, 0.717) is 6.61 Å². The predicted molar refractivity (Wildman–Crippen MR) is 133 cm³/mol. The smallest absolute Gasteiger partial charge is 0.119 e. The van der Waals surface area contributed by atoms with Crippen molar-refractivity contribution < 1.29 is 9.47 Å². The quantitative estimate of drug-likeness (QED) is 0.284. The molecule has 0 aliphatic carbocycles. The molecule has 0 radical (unpaired) electrons. The van der Waals surface area contributed by atoms with Crippen molar-refractivity contribution in [2.24, 2.45) is 0 Å². The lowest BCUT2D eigenvalue weighted by Crippen LogP contribution is -2.11. The standard InChI is InChI=1S/C29H26N2O2/c1-32-25-15-17-26(18-16-25)33-20-19-31-28-10-6-5-9-27(28)30-29(31)21-22-11-13-24(14-12-22)23-7-3-2-4-8-23/h2-18H,19-21H2,1H3. The number of aromatic nitrogens is 2. The Labute approximate surface area is 194 Å². The van der Waals surface area contributed by atoms with Gasteiger partial charge in [0.15, 0.2) is 0 Å². The average molecular weight is 435 g/mol. The van der Waals surface area contributed by atoms with Crippen LogP contribution < -0.4 is 9.47 Å². The summed E-state index contributed by atoms with van der Waals surface area (Å²) in [5.74, 6) is 2.70. The molecule has 0 amide bonds. The van der Waals surface area contributed by atoms with Gasteiger partial charge >= 0.3 is 0 Å². The van der Waals surface area contributed by atoms with Crippen molar-refractivity contribution in [3.05, 3.63) is 115 Å². The van der Waals surface area contributed by atoms with Crippen LogP contribution in [-0.4, -0.2) is 23.3 Å². The Morgan fingerprint density at radius 2 is 1.36 bits per heavy atom. The first-order valence-corrected chi connectivity index (χ1v) is 11.2. The van der Waals surface area contributed by atoms with Gasteiger partial charge in [0.1, 0.15) is 23.9 Å². The number of methoxy groups -OCH3 is 1. The minimum atomic E-state index is 0.562. The number of benzene rings is 4. The van der Waals surface area contributed by atoms with E-state index in [0.717, 1.165) is 41.3 Å². The molecule has 0 fully saturated rings. The van der Waals surface area contributed by atoms with Crippen molar-refractivity contribution in [2.45, 2.75) is 13.0 Å². The van der Waals surface area contributed by atoms with Gasteiger partial charge in [-0.25, -0.2) is 4.98 Å². The molecule has 0 aliphatic rings. The normalized spacial score (nSPS) is 10.9. The van der Waals surface area contributed by atoms with Gasteiger partial charge in [-0.3, -0.25) is 0 Å². The molecular formula is C29H26N2O2. The summed E-state index contributed by atoms with van der Waals surface area (Å²) in [6.45, 7) is 1.29. The largest absolute Gasteiger partial charge is 0.497 e. The van der Waals surface area contributed by atoms with Crippen LogP contribution in [0.15, 0.2) is 103 Å². The van der Waals surface area contributed by atoms with Crippen LogP contribution in [0, 0.1) is 0 Å². The highest BCUT2D eigenvalue weighted by atomic mass is 16.5. The minimum absolute atomic E-state index is 0.562. The molecule has 4 heteroatoms. The number of nitrogens with zero attached hydrogens (tertiary/aromatic N) is 2. The van der Waals surface area contributed by atoms with Crippen LogP contribution >= 0.6 is 0 Å². The second-order valence-corrected chi connectivity index (χ2v) is 7.93. The van der Waals surface area contributed by atoms with Gasteiger partial charge < -0.3 is 14.0 Å². The third-order valence-corrected chi connectivity index (χ3v) is 5.80. The first-order valence-electron chi connectivity index (χ1n) is 11.2. The topological polar surface area (TPSA) is 36.3 Å².